The van der Waals surface area contributed by atoms with E-state index < -0.39 is 0 Å². The monoisotopic (exact) mass is 113 g/mol. The summed E-state index contributed by atoms with van der Waals surface area (Å²) in [6, 6.07) is 0. The van der Waals surface area contributed by atoms with Gasteiger partial charge >= 0.3 is 0 Å². The van der Waals surface area contributed by atoms with Crippen molar-refractivity contribution in [3.8, 4) is 0 Å². The zero-order valence-corrected chi connectivity index (χ0v) is 6.18. The minimum Gasteiger partial charge on any atom is -0.297 e. The van der Waals surface area contributed by atoms with Gasteiger partial charge in [-0.1, -0.05) is 19.9 Å². The predicted octanol–water partition coefficient (Wildman–Crippen LogP) is 2.29. The molecule has 0 bridgehead atoms. The summed E-state index contributed by atoms with van der Waals surface area (Å²) in [6.45, 7) is 5.96. The van der Waals surface area contributed by atoms with Crippen LogP contribution in [-0.4, -0.2) is 13.3 Å². The van der Waals surface area contributed by atoms with E-state index in [0.717, 1.165) is 0 Å². The Morgan fingerprint density at radius 3 is 1.88 bits per heavy atom. The molecule has 0 saturated carbocycles. The number of hydrogen-bond acceptors (Lipinski definition) is 1. The van der Waals surface area contributed by atoms with Crippen molar-refractivity contribution in [3.63, 3.8) is 0 Å². The minimum atomic E-state index is 1.75. The maximum absolute atomic E-state index is 3.71. The van der Waals surface area contributed by atoms with Gasteiger partial charge in [0.2, 0.25) is 0 Å². The number of nitrogens with zero attached hydrogens (tertiary/aromatic N) is 1. The normalized spacial score (nSPS) is 9.50. The molecule has 0 fully saturated rings. The van der Waals surface area contributed by atoms with Gasteiger partial charge in [-0.05, 0) is 13.0 Å². The quantitative estimate of drug-likeness (QED) is 0.463. The molecule has 0 N–H and O–H groups in total. The molecule has 0 aliphatic carbocycles. The molecule has 0 atom stereocenters. The third-order valence-corrected chi connectivity index (χ3v) is 0.428. The van der Waals surface area contributed by atoms with Gasteiger partial charge in [0.1, 0.15) is 0 Å². The lowest BCUT2D eigenvalue weighted by molar-refractivity contribution is 1.47. The van der Waals surface area contributed by atoms with Gasteiger partial charge in [0.05, 0.1) is 0 Å². The first-order valence-corrected chi connectivity index (χ1v) is 2.95. The Kier molecular flexibility index (Phi) is 21.0. The van der Waals surface area contributed by atoms with Crippen molar-refractivity contribution >= 4 is 6.21 Å². The van der Waals surface area contributed by atoms with E-state index in [0.29, 0.717) is 0 Å². The van der Waals surface area contributed by atoms with Crippen LogP contribution in [0.25, 0.3) is 0 Å². The second-order valence-corrected chi connectivity index (χ2v) is 0.933. The van der Waals surface area contributed by atoms with Gasteiger partial charge in [0.25, 0.3) is 0 Å². The van der Waals surface area contributed by atoms with E-state index in [1.165, 1.54) is 0 Å². The van der Waals surface area contributed by atoms with E-state index in [9.17, 15) is 0 Å². The van der Waals surface area contributed by atoms with Crippen LogP contribution in [0.2, 0.25) is 0 Å². The molecule has 0 aromatic rings. The molecule has 0 aliphatic heterocycles. The van der Waals surface area contributed by atoms with Gasteiger partial charge in [-0.15, -0.1) is 0 Å². The van der Waals surface area contributed by atoms with Gasteiger partial charge in [0.15, 0.2) is 0 Å². The van der Waals surface area contributed by atoms with Crippen molar-refractivity contribution in [2.24, 2.45) is 4.99 Å². The Hall–Kier alpha value is -0.590. The van der Waals surface area contributed by atoms with Gasteiger partial charge in [-0.25, -0.2) is 0 Å². The molecule has 1 nitrogen and oxygen atoms in total. The van der Waals surface area contributed by atoms with Crippen LogP contribution in [0.3, 0.4) is 0 Å². The summed E-state index contributed by atoms with van der Waals surface area (Å²) >= 11 is 0. The van der Waals surface area contributed by atoms with Crippen LogP contribution < -0.4 is 0 Å². The number of hydrogen-bond donors (Lipinski definition) is 0. The van der Waals surface area contributed by atoms with Gasteiger partial charge in [-0.2, -0.15) is 0 Å². The van der Waals surface area contributed by atoms with Crippen LogP contribution in [-0.2, 0) is 0 Å². The van der Waals surface area contributed by atoms with Crippen LogP contribution in [0.1, 0.15) is 20.8 Å². The van der Waals surface area contributed by atoms with Crippen LogP contribution in [0.4, 0.5) is 0 Å². The first-order valence-electron chi connectivity index (χ1n) is 2.95. The Balaban J connectivity index is 0. The van der Waals surface area contributed by atoms with Gasteiger partial charge < -0.3 is 0 Å². The lowest BCUT2D eigenvalue weighted by Gasteiger charge is -1.63. The van der Waals surface area contributed by atoms with Crippen LogP contribution in [0.5, 0.6) is 0 Å². The van der Waals surface area contributed by atoms with E-state index in [2.05, 4.69) is 4.99 Å². The summed E-state index contributed by atoms with van der Waals surface area (Å²) < 4.78 is 0. The van der Waals surface area contributed by atoms with Crippen molar-refractivity contribution in [1.82, 2.24) is 0 Å². The van der Waals surface area contributed by atoms with Gasteiger partial charge in [0, 0.05) is 13.3 Å². The van der Waals surface area contributed by atoms with E-state index in [1.807, 2.05) is 32.9 Å². The van der Waals surface area contributed by atoms with E-state index in [-0.39, 0.29) is 0 Å². The Morgan fingerprint density at radius 2 is 1.75 bits per heavy atom. The van der Waals surface area contributed by atoms with Crippen molar-refractivity contribution in [2.45, 2.75) is 20.8 Å². The number of aliphatic imine (C=N–C) groups is 1. The molecule has 48 valence electrons. The summed E-state index contributed by atoms with van der Waals surface area (Å²) in [5.41, 5.74) is 0. The maximum Gasteiger partial charge on any atom is 0.0277 e. The molecular weight excluding hydrogens is 98.1 g/mol. The van der Waals surface area contributed by atoms with E-state index >= 15 is 0 Å². The molecule has 0 unspecified atom stereocenters. The number of allylic oxidation sites excluding steroid dienone is 2. The van der Waals surface area contributed by atoms with Crippen LogP contribution in [0.15, 0.2) is 17.1 Å². The first kappa shape index (κ1) is 10.4. The Morgan fingerprint density at radius 1 is 1.25 bits per heavy atom. The standard InChI is InChI=1S/C5H9N.C2H6/c1-3-4-5-6-2;1-2/h3-5H,1-2H3;1-2H3/b4-3+,6-5?;. The predicted molar refractivity (Wildman–Crippen MR) is 40.6 cm³/mol. The molecule has 0 saturated heterocycles. The highest BCUT2D eigenvalue weighted by Gasteiger charge is 1.49. The first-order chi connectivity index (χ1) is 3.91. The zero-order valence-electron chi connectivity index (χ0n) is 6.18. The Labute approximate surface area is 52.1 Å². The average Bonchev–Trinajstić information content (AvgIpc) is 1.88. The fourth-order valence-corrected chi connectivity index (χ4v) is 0.172. The molecular formula is C7H15N. The highest BCUT2D eigenvalue weighted by Crippen LogP contribution is 1.60. The summed E-state index contributed by atoms with van der Waals surface area (Å²) in [4.78, 5) is 3.71. The third-order valence-electron chi connectivity index (χ3n) is 0.428. The molecule has 1 heteroatoms. The highest BCUT2D eigenvalue weighted by atomic mass is 14.6. The van der Waals surface area contributed by atoms with Crippen LogP contribution >= 0.6 is 0 Å². The largest absolute Gasteiger partial charge is 0.297 e. The molecule has 0 heterocycles. The summed E-state index contributed by atoms with van der Waals surface area (Å²) in [6.07, 6.45) is 5.58. The average molecular weight is 113 g/mol. The molecule has 0 aromatic heterocycles. The molecule has 0 aliphatic rings. The smallest absolute Gasteiger partial charge is 0.0277 e. The minimum absolute atomic E-state index is 1.75. The van der Waals surface area contributed by atoms with Crippen LogP contribution in [0, 0.1) is 0 Å². The van der Waals surface area contributed by atoms with Crippen molar-refractivity contribution < 1.29 is 0 Å². The molecule has 0 spiro atoms. The second kappa shape index (κ2) is 16.1. The fourth-order valence-electron chi connectivity index (χ4n) is 0.172. The third kappa shape index (κ3) is 18.1. The van der Waals surface area contributed by atoms with Crippen molar-refractivity contribution in [2.75, 3.05) is 7.05 Å². The summed E-state index contributed by atoms with van der Waals surface area (Å²) in [5, 5.41) is 0. The number of rotatable bonds is 1. The maximum atomic E-state index is 3.71. The lowest BCUT2D eigenvalue weighted by atomic mass is 10.6. The van der Waals surface area contributed by atoms with E-state index in [1.54, 1.807) is 13.3 Å². The molecule has 8 heavy (non-hydrogen) atoms. The molecule has 0 rings (SSSR count). The topological polar surface area (TPSA) is 12.4 Å². The second-order valence-electron chi connectivity index (χ2n) is 0.933. The van der Waals surface area contributed by atoms with Gasteiger partial charge in [-0.3, -0.25) is 4.99 Å². The zero-order chi connectivity index (χ0) is 6.83. The molecule has 0 aromatic carbocycles. The fraction of sp³-hybridized carbons (Fsp3) is 0.571. The Bertz CT molecular complexity index is 52.8. The molecule has 0 amide bonds. The highest BCUT2D eigenvalue weighted by molar-refractivity contribution is 5.70. The van der Waals surface area contributed by atoms with Crippen molar-refractivity contribution in [1.29, 1.82) is 0 Å². The summed E-state index contributed by atoms with van der Waals surface area (Å²) in [7, 11) is 1.75. The lowest BCUT2D eigenvalue weighted by Crippen LogP contribution is -1.56. The molecule has 0 radical (unpaired) electrons. The van der Waals surface area contributed by atoms with E-state index in [4.69, 9.17) is 0 Å². The van der Waals surface area contributed by atoms with Crippen molar-refractivity contribution in [3.05, 3.63) is 12.2 Å². The SMILES string of the molecule is C/C=C/C=NC.CC. The summed E-state index contributed by atoms with van der Waals surface area (Å²) in [5.74, 6) is 0.